The van der Waals surface area contributed by atoms with Gasteiger partial charge in [-0.1, -0.05) is 108 Å². The molecule has 424 valence electrons. The van der Waals surface area contributed by atoms with Crippen LogP contribution in [0, 0.1) is 66.6 Å². The molecule has 0 amide bonds. The number of fused-ring (bicyclic) bond motifs is 9. The second kappa shape index (κ2) is 23.0. The van der Waals surface area contributed by atoms with E-state index in [0.717, 1.165) is 115 Å². The maximum Gasteiger partial charge on any atom is 0.213 e. The minimum atomic E-state index is -2.42. The Morgan fingerprint density at radius 1 is 0.506 bits per heavy atom. The van der Waals surface area contributed by atoms with Crippen molar-refractivity contribution in [3.63, 3.8) is 0 Å². The van der Waals surface area contributed by atoms with Crippen LogP contribution in [0.1, 0.15) is 183 Å². The molecule has 0 N–H and O–H groups in total. The Labute approximate surface area is 512 Å². The summed E-state index contributed by atoms with van der Waals surface area (Å²) in [7, 11) is 5.80. The van der Waals surface area contributed by atoms with Gasteiger partial charge in [0.1, 0.15) is 21.1 Å². The highest BCUT2D eigenvalue weighted by molar-refractivity contribution is 5.87. The topological polar surface area (TPSA) is 50.3 Å². The van der Waals surface area contributed by atoms with Crippen LogP contribution in [0.2, 0.25) is 0 Å². The van der Waals surface area contributed by atoms with Crippen LogP contribution in [0.4, 0.5) is 0 Å². The first-order valence-corrected chi connectivity index (χ1v) is 29.8. The highest BCUT2D eigenvalue weighted by Crippen LogP contribution is 2.46. The van der Waals surface area contributed by atoms with E-state index in [2.05, 4.69) is 104 Å². The Balaban J connectivity index is 0.000000144. The number of benzene rings is 3. The van der Waals surface area contributed by atoms with Gasteiger partial charge in [0.2, 0.25) is 17.1 Å². The van der Waals surface area contributed by atoms with Crippen molar-refractivity contribution in [2.75, 3.05) is 0 Å². The standard InChI is InChI=1S/C26H29N2.C26H31N2.C25H29N2/c1-17-9-11-21-22-12-10-18(2)27-24(22)16-23(21)26(17)25-15-20(13-14-28(25)3)19-7-5-4-6-8-19;1-16-8-10-20-21-11-9-18(3)27-23(21)13-22(20)25(16)24-12-19(14-26(4,5)6)17(2)15-28(24)7;1-15(2)11-19-12-24(27(6)14-17(19)4)25-16(3)7-9-20-21-10-8-18(5)26-23(21)13-22(20)25/h9-15,19H,4-8,16H2,1-3H3;8-12,15H,13-14H2,1-7H3;7-10,12,14-15H,11,13H2,1-6H3/q3*+1/i19D;2D3,14D2;4D3,11D2. The molecule has 6 nitrogen and oxygen atoms in total. The van der Waals surface area contributed by atoms with Gasteiger partial charge in [-0.2, -0.15) is 0 Å². The van der Waals surface area contributed by atoms with Gasteiger partial charge in [-0.15, -0.1) is 0 Å². The van der Waals surface area contributed by atoms with Crippen LogP contribution >= 0.6 is 0 Å². The number of hydrogen-bond acceptors (Lipinski definition) is 3. The van der Waals surface area contributed by atoms with Gasteiger partial charge in [-0.05, 0) is 183 Å². The lowest BCUT2D eigenvalue weighted by molar-refractivity contribution is -0.661. The summed E-state index contributed by atoms with van der Waals surface area (Å²) >= 11 is 0. The molecular weight excluding hydrogens is 1010 g/mol. The predicted octanol–water partition coefficient (Wildman–Crippen LogP) is 16.7. The molecule has 0 atom stereocenters. The molecule has 13 rings (SSSR count). The molecule has 83 heavy (non-hydrogen) atoms. The molecular formula is C77H89N6+3. The fourth-order valence-corrected chi connectivity index (χ4v) is 13.2. The molecule has 4 aliphatic carbocycles. The summed E-state index contributed by atoms with van der Waals surface area (Å²) < 4.78 is 98.5. The van der Waals surface area contributed by atoms with E-state index in [1.54, 1.807) is 59.1 Å². The molecule has 0 bridgehead atoms. The first-order valence-electron chi connectivity index (χ1n) is 35.3. The number of aryl methyl sites for hydroxylation is 11. The highest BCUT2D eigenvalue weighted by Gasteiger charge is 2.32. The molecule has 0 radical (unpaired) electrons. The Hall–Kier alpha value is -7.44. The molecule has 9 aromatic rings. The fourth-order valence-electron chi connectivity index (χ4n) is 13.2. The van der Waals surface area contributed by atoms with Gasteiger partial charge >= 0.3 is 0 Å². The summed E-state index contributed by atoms with van der Waals surface area (Å²) in [6, 6.07) is 33.5. The summed E-state index contributed by atoms with van der Waals surface area (Å²) in [5.74, 6) is -0.808. The molecule has 1 fully saturated rings. The molecule has 6 heterocycles. The quantitative estimate of drug-likeness (QED) is 0.149. The number of nitrogens with zero attached hydrogens (tertiary/aromatic N) is 6. The summed E-state index contributed by atoms with van der Waals surface area (Å²) in [5.41, 5.74) is 27.8. The number of pyridine rings is 6. The Morgan fingerprint density at radius 2 is 0.904 bits per heavy atom. The van der Waals surface area contributed by atoms with Crippen LogP contribution in [0.15, 0.2) is 116 Å². The lowest BCUT2D eigenvalue weighted by Crippen LogP contribution is -2.32. The van der Waals surface area contributed by atoms with E-state index in [0.29, 0.717) is 12.8 Å². The van der Waals surface area contributed by atoms with E-state index in [1.165, 1.54) is 64.0 Å². The van der Waals surface area contributed by atoms with Crippen LogP contribution in [0.3, 0.4) is 0 Å². The van der Waals surface area contributed by atoms with Crippen LogP contribution in [-0.2, 0) is 53.2 Å². The average molecular weight is 1110 g/mol. The molecule has 1 saturated carbocycles. The Morgan fingerprint density at radius 3 is 1.31 bits per heavy atom. The van der Waals surface area contributed by atoms with Crippen molar-refractivity contribution in [1.82, 2.24) is 15.0 Å². The SMILES string of the molecule is [2H]C([2H])([2H])c1c[n+](C)c(-c2c(C)ccc3c2Cc2nc(C)ccc2-3)cc1C([2H])([2H])C(C)(C)C.[2H]C([2H])([2H])c1c[n+](C)c(-c2c(C)ccc3c2Cc2nc(C)ccc2-3)cc1C([2H])([2H])C(C)C.[2H]C1(c2cc[n+](C)c(-c3c(C)ccc4c3Cc3nc(C)ccc3-4)c2)CCCCC1. The van der Waals surface area contributed by atoms with Gasteiger partial charge in [0.25, 0.3) is 0 Å². The summed E-state index contributed by atoms with van der Waals surface area (Å²) in [6.45, 7) is 16.5. The van der Waals surface area contributed by atoms with E-state index in [9.17, 15) is 0 Å². The second-order valence-electron chi connectivity index (χ2n) is 25.2. The van der Waals surface area contributed by atoms with Gasteiger partial charge in [0.15, 0.2) is 18.6 Å². The van der Waals surface area contributed by atoms with Gasteiger partial charge in [0, 0.05) is 104 Å². The lowest BCUT2D eigenvalue weighted by atomic mass is 9.83. The first kappa shape index (κ1) is 45.1. The van der Waals surface area contributed by atoms with Crippen molar-refractivity contribution in [2.45, 2.75) is 160 Å². The van der Waals surface area contributed by atoms with Crippen molar-refractivity contribution in [2.24, 2.45) is 32.5 Å². The van der Waals surface area contributed by atoms with Crippen LogP contribution in [-0.4, -0.2) is 15.0 Å². The van der Waals surface area contributed by atoms with Crippen molar-refractivity contribution >= 4 is 0 Å². The molecule has 0 saturated heterocycles. The zero-order valence-corrected chi connectivity index (χ0v) is 51.4. The summed E-state index contributed by atoms with van der Waals surface area (Å²) in [6.07, 6.45) is 9.55. The maximum atomic E-state index is 9.11. The third-order valence-corrected chi connectivity index (χ3v) is 17.1. The van der Waals surface area contributed by atoms with Crippen LogP contribution < -0.4 is 13.7 Å². The van der Waals surface area contributed by atoms with Crippen molar-refractivity contribution < 1.29 is 28.8 Å². The van der Waals surface area contributed by atoms with E-state index < -0.39 is 37.8 Å². The smallest absolute Gasteiger partial charge is 0.213 e. The number of hydrogen-bond donors (Lipinski definition) is 0. The molecule has 4 aliphatic rings. The molecule has 0 unspecified atom stereocenters. The zero-order valence-electron chi connectivity index (χ0n) is 62.4. The largest absolute Gasteiger partial charge is 0.257 e. The highest BCUT2D eigenvalue weighted by atomic mass is 14.9. The minimum absolute atomic E-state index is 0.0551. The van der Waals surface area contributed by atoms with Gasteiger partial charge in [-0.25, -0.2) is 13.7 Å². The normalized spacial score (nSPS) is 16.8. The first-order chi connectivity index (χ1) is 43.9. The van der Waals surface area contributed by atoms with E-state index in [-0.39, 0.29) is 28.2 Å². The van der Waals surface area contributed by atoms with Gasteiger partial charge in [0.05, 0.1) is 33.8 Å². The van der Waals surface area contributed by atoms with Crippen molar-refractivity contribution in [1.29, 1.82) is 0 Å². The van der Waals surface area contributed by atoms with Crippen LogP contribution in [0.5, 0.6) is 0 Å². The van der Waals surface area contributed by atoms with Crippen molar-refractivity contribution in [3.05, 3.63) is 211 Å². The Bertz CT molecular complexity index is 4510. The van der Waals surface area contributed by atoms with Crippen molar-refractivity contribution in [3.8, 4) is 67.2 Å². The summed E-state index contributed by atoms with van der Waals surface area (Å²) in [4.78, 5) is 14.3. The monoisotopic (exact) mass is 1110 g/mol. The predicted molar refractivity (Wildman–Crippen MR) is 343 cm³/mol. The molecule has 0 spiro atoms. The Kier molecular flexibility index (Phi) is 12.5. The van der Waals surface area contributed by atoms with E-state index in [1.807, 2.05) is 63.1 Å². The van der Waals surface area contributed by atoms with Gasteiger partial charge in [-0.3, -0.25) is 15.0 Å². The second-order valence-corrected chi connectivity index (χ2v) is 25.2. The van der Waals surface area contributed by atoms with E-state index >= 15 is 0 Å². The zero-order chi connectivity index (χ0) is 68.3. The molecule has 6 aromatic heterocycles. The molecule has 0 aliphatic heterocycles. The minimum Gasteiger partial charge on any atom is -0.257 e. The number of aromatic nitrogens is 6. The third-order valence-electron chi connectivity index (χ3n) is 17.1. The van der Waals surface area contributed by atoms with Crippen LogP contribution in [0.25, 0.3) is 67.2 Å². The molecule has 3 aromatic carbocycles. The summed E-state index contributed by atoms with van der Waals surface area (Å²) in [5, 5.41) is 0. The van der Waals surface area contributed by atoms with E-state index in [4.69, 9.17) is 30.0 Å². The fraction of sp³-hybridized carbons (Fsp3) is 0.377. The maximum absolute atomic E-state index is 9.11. The third kappa shape index (κ3) is 11.5. The lowest BCUT2D eigenvalue weighted by Gasteiger charge is -2.22. The van der Waals surface area contributed by atoms with Gasteiger partial charge < -0.3 is 0 Å². The molecule has 6 heteroatoms. The number of rotatable bonds is 7. The average Bonchev–Trinajstić information content (AvgIpc) is 1.25.